The minimum atomic E-state index is 1.04. The fourth-order valence-electron chi connectivity index (χ4n) is 1.55. The monoisotopic (exact) mass is 276 g/mol. The number of nitrogens with zero attached hydrogens (tertiary/aromatic N) is 1. The van der Waals surface area contributed by atoms with E-state index in [4.69, 9.17) is 0 Å². The van der Waals surface area contributed by atoms with Crippen molar-refractivity contribution in [1.82, 2.24) is 4.98 Å². The van der Waals surface area contributed by atoms with Gasteiger partial charge in [-0.05, 0) is 43.7 Å². The van der Waals surface area contributed by atoms with E-state index >= 15 is 0 Å². The smallest absolute Gasteiger partial charge is 0.0600 e. The zero-order valence-electron chi connectivity index (χ0n) is 9.29. The van der Waals surface area contributed by atoms with Crippen molar-refractivity contribution in [2.75, 3.05) is 5.32 Å². The van der Waals surface area contributed by atoms with Gasteiger partial charge in [0.05, 0.1) is 11.9 Å². The van der Waals surface area contributed by atoms with E-state index < -0.39 is 0 Å². The molecule has 2 nitrogen and oxygen atoms in total. The predicted molar refractivity (Wildman–Crippen MR) is 71.1 cm³/mol. The Balaban J connectivity index is 2.27. The van der Waals surface area contributed by atoms with Gasteiger partial charge in [-0.1, -0.05) is 22.0 Å². The first-order valence-corrected chi connectivity index (χ1v) is 5.90. The Morgan fingerprint density at radius 1 is 1.19 bits per heavy atom. The van der Waals surface area contributed by atoms with Crippen LogP contribution in [0.15, 0.2) is 41.0 Å². The molecule has 82 valence electrons. The third-order valence-electron chi connectivity index (χ3n) is 2.35. The molecule has 0 atom stereocenters. The van der Waals surface area contributed by atoms with Gasteiger partial charge in [0, 0.05) is 15.9 Å². The molecule has 2 aromatic rings. The molecule has 0 fully saturated rings. The maximum absolute atomic E-state index is 4.28. The van der Waals surface area contributed by atoms with E-state index in [0.29, 0.717) is 0 Å². The van der Waals surface area contributed by atoms with Gasteiger partial charge in [0.15, 0.2) is 0 Å². The summed E-state index contributed by atoms with van der Waals surface area (Å²) in [6.45, 7) is 4.07. The number of aromatic nitrogens is 1. The third kappa shape index (κ3) is 2.61. The van der Waals surface area contributed by atoms with Crippen molar-refractivity contribution in [2.45, 2.75) is 13.8 Å². The summed E-state index contributed by atoms with van der Waals surface area (Å²) < 4.78 is 1.07. The summed E-state index contributed by atoms with van der Waals surface area (Å²) in [6.07, 6.45) is 1.87. The van der Waals surface area contributed by atoms with Crippen LogP contribution in [-0.2, 0) is 0 Å². The topological polar surface area (TPSA) is 24.9 Å². The van der Waals surface area contributed by atoms with Gasteiger partial charge >= 0.3 is 0 Å². The fourth-order valence-corrected chi connectivity index (χ4v) is 1.95. The second-order valence-electron chi connectivity index (χ2n) is 3.78. The summed E-state index contributed by atoms with van der Waals surface area (Å²) in [6, 6.07) is 10.2. The summed E-state index contributed by atoms with van der Waals surface area (Å²) in [7, 11) is 0. The molecule has 0 unspecified atom stereocenters. The molecule has 3 heteroatoms. The number of aryl methyl sites for hydroxylation is 2. The highest BCUT2D eigenvalue weighted by Crippen LogP contribution is 2.22. The Hall–Kier alpha value is -1.35. The molecule has 0 spiro atoms. The highest BCUT2D eigenvalue weighted by Gasteiger charge is 2.00. The van der Waals surface area contributed by atoms with E-state index in [1.54, 1.807) is 0 Å². The van der Waals surface area contributed by atoms with Crippen LogP contribution in [0.3, 0.4) is 0 Å². The van der Waals surface area contributed by atoms with Gasteiger partial charge < -0.3 is 5.32 Å². The molecule has 0 radical (unpaired) electrons. The predicted octanol–water partition coefficient (Wildman–Crippen LogP) is 4.20. The first kappa shape index (κ1) is 11.1. The lowest BCUT2D eigenvalue weighted by atomic mass is 10.2. The molecule has 1 N–H and O–H groups in total. The van der Waals surface area contributed by atoms with E-state index in [1.165, 1.54) is 5.56 Å². The van der Waals surface area contributed by atoms with Crippen molar-refractivity contribution in [3.8, 4) is 0 Å². The fraction of sp³-hybridized carbons (Fsp3) is 0.154. The van der Waals surface area contributed by atoms with Crippen LogP contribution in [0.5, 0.6) is 0 Å². The van der Waals surface area contributed by atoms with Crippen LogP contribution in [0.2, 0.25) is 0 Å². The van der Waals surface area contributed by atoms with Gasteiger partial charge in [0.25, 0.3) is 0 Å². The van der Waals surface area contributed by atoms with Crippen LogP contribution in [0.4, 0.5) is 11.4 Å². The maximum atomic E-state index is 4.28. The summed E-state index contributed by atoms with van der Waals surface area (Å²) >= 11 is 3.45. The summed E-state index contributed by atoms with van der Waals surface area (Å²) in [5.74, 6) is 0. The van der Waals surface area contributed by atoms with E-state index in [-0.39, 0.29) is 0 Å². The molecule has 0 saturated heterocycles. The molecule has 16 heavy (non-hydrogen) atoms. The molecular weight excluding hydrogens is 264 g/mol. The van der Waals surface area contributed by atoms with Crippen LogP contribution < -0.4 is 5.32 Å². The molecule has 1 aromatic carbocycles. The Morgan fingerprint density at radius 2 is 2.00 bits per heavy atom. The molecule has 0 aliphatic heterocycles. The molecule has 0 amide bonds. The first-order valence-electron chi connectivity index (χ1n) is 5.11. The van der Waals surface area contributed by atoms with Gasteiger partial charge in [-0.3, -0.25) is 4.98 Å². The number of hydrogen-bond acceptors (Lipinski definition) is 2. The average Bonchev–Trinajstić information content (AvgIpc) is 2.22. The van der Waals surface area contributed by atoms with E-state index in [0.717, 1.165) is 21.5 Å². The minimum absolute atomic E-state index is 1.04. The molecule has 0 aliphatic carbocycles. The number of benzene rings is 1. The van der Waals surface area contributed by atoms with E-state index in [1.807, 2.05) is 37.4 Å². The van der Waals surface area contributed by atoms with Crippen molar-refractivity contribution in [1.29, 1.82) is 0 Å². The number of hydrogen-bond donors (Lipinski definition) is 1. The second-order valence-corrected chi connectivity index (χ2v) is 4.69. The lowest BCUT2D eigenvalue weighted by molar-refractivity contribution is 1.18. The molecule has 2 rings (SSSR count). The van der Waals surface area contributed by atoms with E-state index in [9.17, 15) is 0 Å². The Bertz CT molecular complexity index is 509. The first-order chi connectivity index (χ1) is 7.65. The Morgan fingerprint density at radius 3 is 2.69 bits per heavy atom. The lowest BCUT2D eigenvalue weighted by Crippen LogP contribution is -1.95. The molecular formula is C13H13BrN2. The van der Waals surface area contributed by atoms with Crippen molar-refractivity contribution in [3.63, 3.8) is 0 Å². The number of halogens is 1. The average molecular weight is 277 g/mol. The largest absolute Gasteiger partial charge is 0.354 e. The standard InChI is InChI=1S/C13H13BrN2/c1-9-6-10(2)15-8-13(9)16-12-5-3-4-11(14)7-12/h3-8,16H,1-2H3. The van der Waals surface area contributed by atoms with Crippen molar-refractivity contribution >= 4 is 27.3 Å². The highest BCUT2D eigenvalue weighted by molar-refractivity contribution is 9.10. The molecule has 0 saturated carbocycles. The maximum Gasteiger partial charge on any atom is 0.0600 e. The molecule has 1 heterocycles. The van der Waals surface area contributed by atoms with Gasteiger partial charge in [0.2, 0.25) is 0 Å². The summed E-state index contributed by atoms with van der Waals surface area (Å²) in [5.41, 5.74) is 4.34. The van der Waals surface area contributed by atoms with Gasteiger partial charge in [-0.2, -0.15) is 0 Å². The second kappa shape index (κ2) is 4.66. The number of nitrogens with one attached hydrogen (secondary N) is 1. The van der Waals surface area contributed by atoms with Crippen LogP contribution in [0.25, 0.3) is 0 Å². The van der Waals surface area contributed by atoms with Crippen LogP contribution in [0, 0.1) is 13.8 Å². The van der Waals surface area contributed by atoms with Crippen molar-refractivity contribution in [3.05, 3.63) is 52.3 Å². The minimum Gasteiger partial charge on any atom is -0.354 e. The highest BCUT2D eigenvalue weighted by atomic mass is 79.9. The molecule has 1 aromatic heterocycles. The molecule has 0 bridgehead atoms. The van der Waals surface area contributed by atoms with Gasteiger partial charge in [0.1, 0.15) is 0 Å². The van der Waals surface area contributed by atoms with Crippen molar-refractivity contribution in [2.24, 2.45) is 0 Å². The van der Waals surface area contributed by atoms with Crippen LogP contribution in [-0.4, -0.2) is 4.98 Å². The quantitative estimate of drug-likeness (QED) is 0.889. The van der Waals surface area contributed by atoms with E-state index in [2.05, 4.69) is 39.2 Å². The zero-order valence-corrected chi connectivity index (χ0v) is 10.9. The lowest BCUT2D eigenvalue weighted by Gasteiger charge is -2.09. The number of pyridine rings is 1. The Labute approximate surface area is 104 Å². The van der Waals surface area contributed by atoms with Crippen molar-refractivity contribution < 1.29 is 0 Å². The van der Waals surface area contributed by atoms with Gasteiger partial charge in [-0.15, -0.1) is 0 Å². The van der Waals surface area contributed by atoms with Crippen LogP contribution in [0.1, 0.15) is 11.3 Å². The SMILES string of the molecule is Cc1cc(C)c(Nc2cccc(Br)c2)cn1. The number of rotatable bonds is 2. The van der Waals surface area contributed by atoms with Crippen LogP contribution >= 0.6 is 15.9 Å². The molecule has 0 aliphatic rings. The normalized spacial score (nSPS) is 10.2. The summed E-state index contributed by atoms with van der Waals surface area (Å²) in [4.78, 5) is 4.28. The zero-order chi connectivity index (χ0) is 11.5. The van der Waals surface area contributed by atoms with Gasteiger partial charge in [-0.25, -0.2) is 0 Å². The summed E-state index contributed by atoms with van der Waals surface area (Å²) in [5, 5.41) is 3.35. The Kier molecular flexibility index (Phi) is 3.25. The number of anilines is 2. The third-order valence-corrected chi connectivity index (χ3v) is 2.84.